The molecule has 0 aliphatic carbocycles. The van der Waals surface area contributed by atoms with Gasteiger partial charge in [0.25, 0.3) is 0 Å². The first kappa shape index (κ1) is 28.4. The SMILES string of the molecule is CCCCC(=O)Nc1c(N)cc(C)nc1N(Cc1ccc(OC)cc1OC)Cc1ccc(OC)cc1OC. The van der Waals surface area contributed by atoms with Crippen molar-refractivity contribution < 1.29 is 23.7 Å². The summed E-state index contributed by atoms with van der Waals surface area (Å²) in [5.74, 6) is 3.18. The summed E-state index contributed by atoms with van der Waals surface area (Å²) in [5.41, 5.74) is 9.93. The van der Waals surface area contributed by atoms with Crippen LogP contribution < -0.4 is 34.9 Å². The second-order valence-electron chi connectivity index (χ2n) is 8.91. The molecule has 0 saturated heterocycles. The highest BCUT2D eigenvalue weighted by molar-refractivity contribution is 5.97. The number of anilines is 3. The van der Waals surface area contributed by atoms with Crippen LogP contribution in [0.3, 0.4) is 0 Å². The van der Waals surface area contributed by atoms with Crippen LogP contribution in [0.5, 0.6) is 23.0 Å². The topological polar surface area (TPSA) is 108 Å². The smallest absolute Gasteiger partial charge is 0.224 e. The van der Waals surface area contributed by atoms with E-state index in [2.05, 4.69) is 5.32 Å². The molecule has 0 saturated carbocycles. The van der Waals surface area contributed by atoms with Crippen LogP contribution in [0.25, 0.3) is 0 Å². The molecule has 0 aliphatic rings. The minimum Gasteiger partial charge on any atom is -0.497 e. The highest BCUT2D eigenvalue weighted by Crippen LogP contribution is 2.36. The number of nitrogens with one attached hydrogen (secondary N) is 1. The number of methoxy groups -OCH3 is 4. The van der Waals surface area contributed by atoms with Gasteiger partial charge < -0.3 is 34.9 Å². The maximum absolute atomic E-state index is 12.8. The van der Waals surface area contributed by atoms with Gasteiger partial charge in [-0.15, -0.1) is 0 Å². The lowest BCUT2D eigenvalue weighted by Gasteiger charge is -2.29. The first-order valence-electron chi connectivity index (χ1n) is 12.6. The Bertz CT molecular complexity index is 1190. The molecule has 1 heterocycles. The maximum Gasteiger partial charge on any atom is 0.224 e. The third-order valence-electron chi connectivity index (χ3n) is 6.19. The molecule has 0 atom stereocenters. The predicted octanol–water partition coefficient (Wildman–Crippen LogP) is 5.34. The van der Waals surface area contributed by atoms with Gasteiger partial charge >= 0.3 is 0 Å². The van der Waals surface area contributed by atoms with E-state index in [-0.39, 0.29) is 5.91 Å². The lowest BCUT2D eigenvalue weighted by Crippen LogP contribution is -2.26. The quantitative estimate of drug-likeness (QED) is 0.310. The number of hydrogen-bond acceptors (Lipinski definition) is 8. The molecule has 9 heteroatoms. The molecule has 3 rings (SSSR count). The number of rotatable bonds is 13. The lowest BCUT2D eigenvalue weighted by atomic mass is 10.1. The number of nitrogen functional groups attached to an aromatic ring is 1. The van der Waals surface area contributed by atoms with E-state index in [0.717, 1.165) is 29.7 Å². The number of amides is 1. The Morgan fingerprint density at radius 3 is 1.92 bits per heavy atom. The van der Waals surface area contributed by atoms with Gasteiger partial charge in [-0.05, 0) is 43.7 Å². The fourth-order valence-electron chi connectivity index (χ4n) is 4.16. The van der Waals surface area contributed by atoms with Gasteiger partial charge in [-0.1, -0.05) is 13.3 Å². The fourth-order valence-corrected chi connectivity index (χ4v) is 4.16. The van der Waals surface area contributed by atoms with Crippen molar-refractivity contribution in [3.8, 4) is 23.0 Å². The summed E-state index contributed by atoms with van der Waals surface area (Å²) < 4.78 is 22.1. The molecule has 3 aromatic rings. The van der Waals surface area contributed by atoms with Crippen molar-refractivity contribution in [2.24, 2.45) is 0 Å². The van der Waals surface area contributed by atoms with E-state index in [1.165, 1.54) is 0 Å². The van der Waals surface area contributed by atoms with Crippen molar-refractivity contribution in [1.82, 2.24) is 4.98 Å². The number of carbonyl (C=O) groups excluding carboxylic acids is 1. The monoisotopic (exact) mass is 522 g/mol. The zero-order valence-corrected chi connectivity index (χ0v) is 23.1. The van der Waals surface area contributed by atoms with Gasteiger partial charge in [0.15, 0.2) is 5.82 Å². The van der Waals surface area contributed by atoms with Crippen LogP contribution in [0, 0.1) is 6.92 Å². The molecule has 0 spiro atoms. The van der Waals surface area contributed by atoms with E-state index in [1.54, 1.807) is 34.5 Å². The Balaban J connectivity index is 2.12. The van der Waals surface area contributed by atoms with E-state index < -0.39 is 0 Å². The first-order valence-corrected chi connectivity index (χ1v) is 12.6. The number of unbranched alkanes of at least 4 members (excludes halogenated alkanes) is 1. The zero-order valence-electron chi connectivity index (χ0n) is 23.1. The molecule has 3 N–H and O–H groups in total. The number of benzene rings is 2. The van der Waals surface area contributed by atoms with Crippen LogP contribution in [0.4, 0.5) is 17.2 Å². The van der Waals surface area contributed by atoms with Crippen LogP contribution in [0.1, 0.15) is 43.0 Å². The number of nitrogens with zero attached hydrogens (tertiary/aromatic N) is 2. The average molecular weight is 523 g/mol. The van der Waals surface area contributed by atoms with Gasteiger partial charge in [-0.3, -0.25) is 4.79 Å². The van der Waals surface area contributed by atoms with E-state index in [1.807, 2.05) is 55.1 Å². The summed E-state index contributed by atoms with van der Waals surface area (Å²) >= 11 is 0. The van der Waals surface area contributed by atoms with E-state index in [4.69, 9.17) is 29.7 Å². The molecule has 38 heavy (non-hydrogen) atoms. The summed E-state index contributed by atoms with van der Waals surface area (Å²) in [5, 5.41) is 3.02. The number of pyridine rings is 1. The van der Waals surface area contributed by atoms with Gasteiger partial charge in [0, 0.05) is 48.5 Å². The number of aryl methyl sites for hydroxylation is 1. The molecule has 2 aromatic carbocycles. The Kier molecular flexibility index (Phi) is 10.0. The number of hydrogen-bond donors (Lipinski definition) is 2. The van der Waals surface area contributed by atoms with Gasteiger partial charge in [-0.25, -0.2) is 4.98 Å². The Morgan fingerprint density at radius 1 is 0.895 bits per heavy atom. The second kappa shape index (κ2) is 13.4. The van der Waals surface area contributed by atoms with Crippen LogP contribution >= 0.6 is 0 Å². The molecule has 0 aliphatic heterocycles. The summed E-state index contributed by atoms with van der Waals surface area (Å²) in [6.07, 6.45) is 2.11. The summed E-state index contributed by atoms with van der Waals surface area (Å²) in [7, 11) is 6.47. The minimum atomic E-state index is -0.102. The normalized spacial score (nSPS) is 10.6. The molecule has 0 unspecified atom stereocenters. The first-order chi connectivity index (χ1) is 18.3. The molecule has 0 fully saturated rings. The predicted molar refractivity (Wildman–Crippen MR) is 151 cm³/mol. The van der Waals surface area contributed by atoms with E-state index in [0.29, 0.717) is 59.7 Å². The summed E-state index contributed by atoms with van der Waals surface area (Å²) in [4.78, 5) is 19.6. The van der Waals surface area contributed by atoms with Gasteiger partial charge in [0.05, 0.1) is 34.1 Å². The van der Waals surface area contributed by atoms with Crippen molar-refractivity contribution >= 4 is 23.1 Å². The summed E-state index contributed by atoms with van der Waals surface area (Å²) in [6.45, 7) is 4.75. The highest BCUT2D eigenvalue weighted by atomic mass is 16.5. The molecular formula is C29H38N4O5. The van der Waals surface area contributed by atoms with E-state index >= 15 is 0 Å². The minimum absolute atomic E-state index is 0.102. The van der Waals surface area contributed by atoms with Gasteiger partial charge in [0.2, 0.25) is 5.91 Å². The van der Waals surface area contributed by atoms with Crippen LogP contribution in [0.15, 0.2) is 42.5 Å². The van der Waals surface area contributed by atoms with Crippen molar-refractivity contribution in [2.75, 3.05) is 44.4 Å². The van der Waals surface area contributed by atoms with Gasteiger partial charge in [0.1, 0.15) is 28.7 Å². The Morgan fingerprint density at radius 2 is 1.45 bits per heavy atom. The number of nitrogens with two attached hydrogens (primary N) is 1. The Hall–Kier alpha value is -4.14. The maximum atomic E-state index is 12.8. The van der Waals surface area contributed by atoms with E-state index in [9.17, 15) is 4.79 Å². The molecule has 1 aromatic heterocycles. The van der Waals surface area contributed by atoms with Crippen LogP contribution in [-0.4, -0.2) is 39.3 Å². The van der Waals surface area contributed by atoms with Gasteiger partial charge in [-0.2, -0.15) is 0 Å². The highest BCUT2D eigenvalue weighted by Gasteiger charge is 2.22. The fraction of sp³-hybridized carbons (Fsp3) is 0.379. The Labute approximate surface area is 224 Å². The molecule has 9 nitrogen and oxygen atoms in total. The van der Waals surface area contributed by atoms with Crippen molar-refractivity contribution in [2.45, 2.75) is 46.2 Å². The summed E-state index contributed by atoms with van der Waals surface area (Å²) in [6, 6.07) is 13.1. The molecule has 204 valence electrons. The van der Waals surface area contributed by atoms with Crippen LogP contribution in [0.2, 0.25) is 0 Å². The van der Waals surface area contributed by atoms with Crippen molar-refractivity contribution in [3.05, 3.63) is 59.3 Å². The van der Waals surface area contributed by atoms with Crippen molar-refractivity contribution in [1.29, 1.82) is 0 Å². The lowest BCUT2D eigenvalue weighted by molar-refractivity contribution is -0.116. The zero-order chi connectivity index (χ0) is 27.7. The molecule has 1 amide bonds. The molecular weight excluding hydrogens is 484 g/mol. The number of carbonyl (C=O) groups is 1. The number of ether oxygens (including phenoxy) is 4. The third-order valence-corrected chi connectivity index (χ3v) is 6.19. The largest absolute Gasteiger partial charge is 0.497 e. The standard InChI is InChI=1S/C29H38N4O5/c1-7-8-9-27(34)32-28-24(30)14-19(2)31-29(28)33(17-20-10-12-22(35-3)15-25(20)37-5)18-21-11-13-23(36-4)16-26(21)38-6/h10-16H,7-9,17-18H2,1-6H3,(H2,30,31)(H,32,34). The number of aromatic nitrogens is 1. The second-order valence-corrected chi connectivity index (χ2v) is 8.91. The average Bonchev–Trinajstić information content (AvgIpc) is 2.93. The molecule has 0 radical (unpaired) electrons. The molecule has 0 bridgehead atoms. The van der Waals surface area contributed by atoms with Crippen LogP contribution in [-0.2, 0) is 17.9 Å². The third kappa shape index (κ3) is 7.00. The van der Waals surface area contributed by atoms with Crippen molar-refractivity contribution in [3.63, 3.8) is 0 Å².